The Morgan fingerprint density at radius 2 is 2.04 bits per heavy atom. The molecule has 1 aromatic heterocycles. The second-order valence-electron chi connectivity index (χ2n) is 5.94. The molecule has 8 heteroatoms. The second-order valence-corrected chi connectivity index (χ2v) is 5.94. The molecule has 0 radical (unpaired) electrons. The van der Waals surface area contributed by atoms with Gasteiger partial charge in [0.2, 0.25) is 0 Å². The summed E-state index contributed by atoms with van der Waals surface area (Å²) in [5.74, 6) is -0.347. The fourth-order valence-corrected chi connectivity index (χ4v) is 2.93. The molecule has 1 aliphatic heterocycles. The van der Waals surface area contributed by atoms with Gasteiger partial charge in [0, 0.05) is 37.6 Å². The number of esters is 1. The van der Waals surface area contributed by atoms with Gasteiger partial charge in [0.25, 0.3) is 0 Å². The number of nitrogens with zero attached hydrogens (tertiary/aromatic N) is 3. The van der Waals surface area contributed by atoms with Crippen LogP contribution in [0.15, 0.2) is 36.7 Å². The number of hydrogen-bond donors (Lipinski definition) is 2. The van der Waals surface area contributed by atoms with Crippen molar-refractivity contribution in [3.8, 4) is 0 Å². The third kappa shape index (κ3) is 3.73. The van der Waals surface area contributed by atoms with E-state index in [9.17, 15) is 9.59 Å². The lowest BCUT2D eigenvalue weighted by atomic mass is 10.1. The van der Waals surface area contributed by atoms with Crippen molar-refractivity contribution in [1.82, 2.24) is 15.1 Å². The van der Waals surface area contributed by atoms with Crippen LogP contribution in [0.3, 0.4) is 0 Å². The molecular weight excluding hydrogens is 322 g/mol. The molecule has 0 aliphatic carbocycles. The zero-order valence-corrected chi connectivity index (χ0v) is 14.2. The summed E-state index contributed by atoms with van der Waals surface area (Å²) in [7, 11) is 1.37. The summed E-state index contributed by atoms with van der Waals surface area (Å²) in [6, 6.07) is 7.24. The lowest BCUT2D eigenvalue weighted by Crippen LogP contribution is -2.55. The molecule has 1 atom stereocenters. The zero-order valence-electron chi connectivity index (χ0n) is 14.2. The first-order chi connectivity index (χ1) is 12.1. The highest BCUT2D eigenvalue weighted by atomic mass is 16.5. The number of carbonyl (C=O) groups excluding carboxylic acids is 2. The van der Waals surface area contributed by atoms with Crippen molar-refractivity contribution in [2.75, 3.05) is 37.0 Å². The Balaban J connectivity index is 1.61. The van der Waals surface area contributed by atoms with E-state index in [1.807, 2.05) is 24.0 Å². The van der Waals surface area contributed by atoms with Gasteiger partial charge in [-0.2, -0.15) is 5.10 Å². The largest absolute Gasteiger partial charge is 0.465 e. The van der Waals surface area contributed by atoms with Crippen molar-refractivity contribution < 1.29 is 14.3 Å². The summed E-state index contributed by atoms with van der Waals surface area (Å²) in [4.78, 5) is 27.9. The van der Waals surface area contributed by atoms with Gasteiger partial charge < -0.3 is 19.9 Å². The molecule has 1 aromatic carbocycles. The number of anilines is 2. The molecule has 0 bridgehead atoms. The van der Waals surface area contributed by atoms with Gasteiger partial charge in [0.05, 0.1) is 24.6 Å². The van der Waals surface area contributed by atoms with E-state index in [0.29, 0.717) is 17.8 Å². The minimum Gasteiger partial charge on any atom is -0.465 e. The number of ether oxygens (including phenoxy) is 1. The highest BCUT2D eigenvalue weighted by Crippen LogP contribution is 2.21. The second kappa shape index (κ2) is 7.25. The van der Waals surface area contributed by atoms with E-state index in [1.54, 1.807) is 24.5 Å². The van der Waals surface area contributed by atoms with Crippen molar-refractivity contribution in [1.29, 1.82) is 0 Å². The van der Waals surface area contributed by atoms with Crippen molar-refractivity contribution in [2.45, 2.75) is 13.0 Å². The first kappa shape index (κ1) is 16.8. The Kier molecular flexibility index (Phi) is 4.87. The predicted molar refractivity (Wildman–Crippen MR) is 93.8 cm³/mol. The Labute approximate surface area is 145 Å². The third-order valence-electron chi connectivity index (χ3n) is 4.29. The number of rotatable bonds is 3. The molecule has 1 fully saturated rings. The number of carbonyl (C=O) groups is 2. The number of hydrogen-bond acceptors (Lipinski definition) is 5. The number of aromatic amines is 1. The van der Waals surface area contributed by atoms with Gasteiger partial charge in [0.15, 0.2) is 0 Å². The predicted octanol–water partition coefficient (Wildman–Crippen LogP) is 1.94. The van der Waals surface area contributed by atoms with Crippen molar-refractivity contribution in [3.63, 3.8) is 0 Å². The summed E-state index contributed by atoms with van der Waals surface area (Å²) in [5.41, 5.74) is 2.20. The summed E-state index contributed by atoms with van der Waals surface area (Å²) >= 11 is 0. The van der Waals surface area contributed by atoms with Crippen LogP contribution in [0.25, 0.3) is 0 Å². The van der Waals surface area contributed by atoms with Gasteiger partial charge >= 0.3 is 12.0 Å². The molecule has 2 heterocycles. The van der Waals surface area contributed by atoms with Crippen LogP contribution in [0, 0.1) is 0 Å². The Morgan fingerprint density at radius 3 is 2.64 bits per heavy atom. The summed E-state index contributed by atoms with van der Waals surface area (Å²) < 4.78 is 4.71. The van der Waals surface area contributed by atoms with E-state index >= 15 is 0 Å². The molecule has 25 heavy (non-hydrogen) atoms. The van der Waals surface area contributed by atoms with Gasteiger partial charge in [-0.05, 0) is 31.2 Å². The quantitative estimate of drug-likeness (QED) is 0.831. The number of benzene rings is 1. The molecular formula is C17H21N5O3. The fraction of sp³-hybridized carbons (Fsp3) is 0.353. The van der Waals surface area contributed by atoms with E-state index in [4.69, 9.17) is 4.74 Å². The zero-order chi connectivity index (χ0) is 17.8. The maximum Gasteiger partial charge on any atom is 0.337 e. The van der Waals surface area contributed by atoms with Gasteiger partial charge in [-0.15, -0.1) is 0 Å². The summed E-state index contributed by atoms with van der Waals surface area (Å²) in [6.07, 6.45) is 3.21. The lowest BCUT2D eigenvalue weighted by molar-refractivity contribution is 0.0600. The van der Waals surface area contributed by atoms with Crippen molar-refractivity contribution in [3.05, 3.63) is 42.2 Å². The van der Waals surface area contributed by atoms with Crippen LogP contribution in [0.5, 0.6) is 0 Å². The minimum atomic E-state index is -0.347. The average Bonchev–Trinajstić information content (AvgIpc) is 3.14. The van der Waals surface area contributed by atoms with Crippen LogP contribution < -0.4 is 10.2 Å². The van der Waals surface area contributed by atoms with Crippen molar-refractivity contribution >= 4 is 23.4 Å². The van der Waals surface area contributed by atoms with E-state index < -0.39 is 0 Å². The van der Waals surface area contributed by atoms with E-state index in [1.165, 1.54) is 7.11 Å². The first-order valence-electron chi connectivity index (χ1n) is 8.08. The van der Waals surface area contributed by atoms with E-state index in [2.05, 4.69) is 20.4 Å². The number of amides is 2. The molecule has 2 N–H and O–H groups in total. The smallest absolute Gasteiger partial charge is 0.337 e. The number of nitrogens with one attached hydrogen (secondary N) is 2. The summed E-state index contributed by atoms with van der Waals surface area (Å²) in [6.45, 7) is 4.07. The molecule has 3 rings (SSSR count). The van der Waals surface area contributed by atoms with Gasteiger partial charge in [-0.25, -0.2) is 9.59 Å². The minimum absolute atomic E-state index is 0.0564. The van der Waals surface area contributed by atoms with Crippen LogP contribution in [0.2, 0.25) is 0 Å². The van der Waals surface area contributed by atoms with Gasteiger partial charge in [-0.3, -0.25) is 5.10 Å². The first-order valence-corrected chi connectivity index (χ1v) is 8.08. The molecule has 132 valence electrons. The van der Waals surface area contributed by atoms with Crippen LogP contribution in [0.1, 0.15) is 17.3 Å². The topological polar surface area (TPSA) is 90.6 Å². The van der Waals surface area contributed by atoms with E-state index in [-0.39, 0.29) is 18.0 Å². The standard InChI is InChI=1S/C17H21N5O3/c1-12-11-21(15-5-3-13(4-6-15)16(23)25-2)7-8-22(12)17(24)20-14-9-18-19-10-14/h3-6,9-10,12H,7-8,11H2,1-2H3,(H,18,19)(H,20,24)/t12-/m0/s1. The lowest BCUT2D eigenvalue weighted by Gasteiger charge is -2.40. The molecule has 0 saturated carbocycles. The molecule has 1 aliphatic rings. The third-order valence-corrected chi connectivity index (χ3v) is 4.29. The normalized spacial score (nSPS) is 17.3. The number of methoxy groups -OCH3 is 1. The maximum absolute atomic E-state index is 12.4. The molecule has 2 aromatic rings. The van der Waals surface area contributed by atoms with Crippen molar-refractivity contribution in [2.24, 2.45) is 0 Å². The van der Waals surface area contributed by atoms with Crippen LogP contribution in [-0.4, -0.2) is 59.9 Å². The Morgan fingerprint density at radius 1 is 1.28 bits per heavy atom. The van der Waals surface area contributed by atoms with E-state index in [0.717, 1.165) is 18.8 Å². The van der Waals surface area contributed by atoms with Crippen LogP contribution >= 0.6 is 0 Å². The van der Waals surface area contributed by atoms with Crippen LogP contribution in [-0.2, 0) is 4.74 Å². The SMILES string of the molecule is COC(=O)c1ccc(N2CCN(C(=O)Nc3cn[nH]c3)[C@@H](C)C2)cc1. The van der Waals surface area contributed by atoms with Crippen LogP contribution in [0.4, 0.5) is 16.2 Å². The molecule has 8 nitrogen and oxygen atoms in total. The molecule has 0 spiro atoms. The van der Waals surface area contributed by atoms with Gasteiger partial charge in [-0.1, -0.05) is 0 Å². The molecule has 0 unspecified atom stereocenters. The highest BCUT2D eigenvalue weighted by molar-refractivity contribution is 5.90. The number of H-pyrrole nitrogens is 1. The summed E-state index contributed by atoms with van der Waals surface area (Å²) in [5, 5.41) is 9.31. The number of urea groups is 1. The average molecular weight is 343 g/mol. The number of aromatic nitrogens is 2. The number of piperazine rings is 1. The monoisotopic (exact) mass is 343 g/mol. The Hall–Kier alpha value is -3.03. The molecule has 2 amide bonds. The molecule has 1 saturated heterocycles. The Bertz CT molecular complexity index is 729. The maximum atomic E-state index is 12.4. The van der Waals surface area contributed by atoms with Gasteiger partial charge in [0.1, 0.15) is 0 Å². The fourth-order valence-electron chi connectivity index (χ4n) is 2.93. The highest BCUT2D eigenvalue weighted by Gasteiger charge is 2.27.